The van der Waals surface area contributed by atoms with E-state index in [1.165, 1.54) is 0 Å². The van der Waals surface area contributed by atoms with Crippen LogP contribution in [0.4, 0.5) is 5.69 Å². The molecule has 5 heteroatoms. The molecule has 0 spiro atoms. The van der Waals surface area contributed by atoms with Crippen LogP contribution in [0.25, 0.3) is 0 Å². The van der Waals surface area contributed by atoms with Gasteiger partial charge in [0.15, 0.2) is 0 Å². The SMILES string of the molecule is CCNc1cnn(CC2CCOCC2)c(=O)c1. The summed E-state index contributed by atoms with van der Waals surface area (Å²) in [6.07, 6.45) is 3.75. The van der Waals surface area contributed by atoms with Crippen molar-refractivity contribution in [3.05, 3.63) is 22.6 Å². The highest BCUT2D eigenvalue weighted by molar-refractivity contribution is 5.38. The van der Waals surface area contributed by atoms with Gasteiger partial charge in [0.05, 0.1) is 11.9 Å². The predicted molar refractivity (Wildman–Crippen MR) is 66.2 cm³/mol. The molecule has 0 atom stereocenters. The maximum atomic E-state index is 11.8. The monoisotopic (exact) mass is 237 g/mol. The van der Waals surface area contributed by atoms with Crippen molar-refractivity contribution in [2.75, 3.05) is 25.1 Å². The molecule has 1 N–H and O–H groups in total. The lowest BCUT2D eigenvalue weighted by molar-refractivity contribution is 0.0596. The van der Waals surface area contributed by atoms with Gasteiger partial charge in [0.2, 0.25) is 0 Å². The van der Waals surface area contributed by atoms with Gasteiger partial charge in [-0.05, 0) is 25.7 Å². The van der Waals surface area contributed by atoms with E-state index in [-0.39, 0.29) is 5.56 Å². The minimum absolute atomic E-state index is 0.0325. The van der Waals surface area contributed by atoms with E-state index in [9.17, 15) is 4.79 Å². The Labute approximate surface area is 101 Å². The molecule has 2 heterocycles. The molecule has 1 aromatic rings. The zero-order valence-electron chi connectivity index (χ0n) is 10.2. The summed E-state index contributed by atoms with van der Waals surface area (Å²) in [7, 11) is 0. The molecule has 0 unspecified atom stereocenters. The van der Waals surface area contributed by atoms with Crippen LogP contribution in [-0.2, 0) is 11.3 Å². The molecule has 1 aromatic heterocycles. The summed E-state index contributed by atoms with van der Waals surface area (Å²) >= 11 is 0. The Bertz CT molecular complexity index is 410. The molecule has 0 amide bonds. The average molecular weight is 237 g/mol. The molecular weight excluding hydrogens is 218 g/mol. The first kappa shape index (κ1) is 12.1. The van der Waals surface area contributed by atoms with Crippen LogP contribution in [-0.4, -0.2) is 29.5 Å². The van der Waals surface area contributed by atoms with Gasteiger partial charge in [0.25, 0.3) is 5.56 Å². The average Bonchev–Trinajstić information content (AvgIpc) is 2.34. The van der Waals surface area contributed by atoms with Gasteiger partial charge in [-0.3, -0.25) is 4.79 Å². The van der Waals surface area contributed by atoms with Crippen molar-refractivity contribution in [3.8, 4) is 0 Å². The Balaban J connectivity index is 2.03. The number of aromatic nitrogens is 2. The minimum atomic E-state index is -0.0325. The van der Waals surface area contributed by atoms with Gasteiger partial charge in [-0.1, -0.05) is 0 Å². The van der Waals surface area contributed by atoms with E-state index >= 15 is 0 Å². The first-order valence-corrected chi connectivity index (χ1v) is 6.18. The van der Waals surface area contributed by atoms with Crippen LogP contribution >= 0.6 is 0 Å². The van der Waals surface area contributed by atoms with E-state index in [0.29, 0.717) is 12.5 Å². The summed E-state index contributed by atoms with van der Waals surface area (Å²) in [6, 6.07) is 1.61. The molecule has 0 saturated carbocycles. The third-order valence-electron chi connectivity index (χ3n) is 3.02. The molecule has 1 aliphatic heterocycles. The lowest BCUT2D eigenvalue weighted by Gasteiger charge is -2.22. The fourth-order valence-electron chi connectivity index (χ4n) is 2.05. The summed E-state index contributed by atoms with van der Waals surface area (Å²) in [5.41, 5.74) is 0.760. The standard InChI is InChI=1S/C12H19N3O2/c1-2-13-11-7-12(16)15(14-8-11)9-10-3-5-17-6-4-10/h7-8,10,13H,2-6,9H2,1H3. The molecule has 1 fully saturated rings. The first-order valence-electron chi connectivity index (χ1n) is 6.18. The largest absolute Gasteiger partial charge is 0.384 e. The van der Waals surface area contributed by atoms with Crippen LogP contribution in [0, 0.1) is 5.92 Å². The summed E-state index contributed by atoms with van der Waals surface area (Å²) in [6.45, 7) is 5.09. The third kappa shape index (κ3) is 3.30. The van der Waals surface area contributed by atoms with Crippen LogP contribution in [0.15, 0.2) is 17.1 Å². The minimum Gasteiger partial charge on any atom is -0.384 e. The van der Waals surface area contributed by atoms with Crippen molar-refractivity contribution >= 4 is 5.69 Å². The van der Waals surface area contributed by atoms with Gasteiger partial charge in [0.1, 0.15) is 0 Å². The van der Waals surface area contributed by atoms with Crippen molar-refractivity contribution in [2.45, 2.75) is 26.3 Å². The zero-order valence-corrected chi connectivity index (χ0v) is 10.2. The second-order valence-corrected chi connectivity index (χ2v) is 4.35. The Kier molecular flexibility index (Phi) is 4.14. The predicted octanol–water partition coefficient (Wildman–Crippen LogP) is 1.10. The molecular formula is C12H19N3O2. The molecule has 0 aliphatic carbocycles. The second kappa shape index (κ2) is 5.82. The lowest BCUT2D eigenvalue weighted by Crippen LogP contribution is -2.29. The second-order valence-electron chi connectivity index (χ2n) is 4.35. The molecule has 1 saturated heterocycles. The maximum Gasteiger partial charge on any atom is 0.268 e. The van der Waals surface area contributed by atoms with E-state index < -0.39 is 0 Å². The van der Waals surface area contributed by atoms with E-state index in [1.807, 2.05) is 6.92 Å². The Morgan fingerprint density at radius 1 is 1.53 bits per heavy atom. The highest BCUT2D eigenvalue weighted by atomic mass is 16.5. The van der Waals surface area contributed by atoms with Gasteiger partial charge in [0, 0.05) is 32.4 Å². The number of anilines is 1. The van der Waals surface area contributed by atoms with Gasteiger partial charge in [-0.2, -0.15) is 5.10 Å². The quantitative estimate of drug-likeness (QED) is 0.852. The number of ether oxygens (including phenoxy) is 1. The van der Waals surface area contributed by atoms with Crippen molar-refractivity contribution in [1.29, 1.82) is 0 Å². The van der Waals surface area contributed by atoms with Crippen LogP contribution in [0.3, 0.4) is 0 Å². The van der Waals surface area contributed by atoms with Crippen molar-refractivity contribution < 1.29 is 4.74 Å². The summed E-state index contributed by atoms with van der Waals surface area (Å²) in [4.78, 5) is 11.8. The highest BCUT2D eigenvalue weighted by Gasteiger charge is 2.15. The zero-order chi connectivity index (χ0) is 12.1. The summed E-state index contributed by atoms with van der Waals surface area (Å²) in [5, 5.41) is 7.28. The molecule has 5 nitrogen and oxygen atoms in total. The van der Waals surface area contributed by atoms with Crippen LogP contribution < -0.4 is 10.9 Å². The Morgan fingerprint density at radius 3 is 2.94 bits per heavy atom. The van der Waals surface area contributed by atoms with Gasteiger partial charge in [-0.15, -0.1) is 0 Å². The van der Waals surface area contributed by atoms with E-state index in [0.717, 1.165) is 38.3 Å². The molecule has 17 heavy (non-hydrogen) atoms. The number of hydrogen-bond donors (Lipinski definition) is 1. The van der Waals surface area contributed by atoms with E-state index in [2.05, 4.69) is 10.4 Å². The number of hydrogen-bond acceptors (Lipinski definition) is 4. The van der Waals surface area contributed by atoms with Crippen LogP contribution in [0.2, 0.25) is 0 Å². The van der Waals surface area contributed by atoms with Gasteiger partial charge in [-0.25, -0.2) is 4.68 Å². The van der Waals surface area contributed by atoms with Crippen molar-refractivity contribution in [2.24, 2.45) is 5.92 Å². The molecule has 2 rings (SSSR count). The smallest absolute Gasteiger partial charge is 0.268 e. The molecule has 0 aromatic carbocycles. The van der Waals surface area contributed by atoms with E-state index in [1.54, 1.807) is 16.9 Å². The molecule has 0 radical (unpaired) electrons. The van der Waals surface area contributed by atoms with Crippen LogP contribution in [0.5, 0.6) is 0 Å². The number of rotatable bonds is 4. The number of nitrogens with zero attached hydrogens (tertiary/aromatic N) is 2. The topological polar surface area (TPSA) is 56.1 Å². The third-order valence-corrected chi connectivity index (χ3v) is 3.02. The maximum absolute atomic E-state index is 11.8. The van der Waals surface area contributed by atoms with Gasteiger partial charge >= 0.3 is 0 Å². The summed E-state index contributed by atoms with van der Waals surface area (Å²) < 4.78 is 6.85. The van der Waals surface area contributed by atoms with Crippen molar-refractivity contribution in [1.82, 2.24) is 9.78 Å². The molecule has 1 aliphatic rings. The first-order chi connectivity index (χ1) is 8.29. The van der Waals surface area contributed by atoms with Gasteiger partial charge < -0.3 is 10.1 Å². The fourth-order valence-corrected chi connectivity index (χ4v) is 2.05. The summed E-state index contributed by atoms with van der Waals surface area (Å²) in [5.74, 6) is 0.513. The highest BCUT2D eigenvalue weighted by Crippen LogP contribution is 2.15. The van der Waals surface area contributed by atoms with Crippen molar-refractivity contribution in [3.63, 3.8) is 0 Å². The molecule has 0 bridgehead atoms. The van der Waals surface area contributed by atoms with E-state index in [4.69, 9.17) is 4.74 Å². The lowest BCUT2D eigenvalue weighted by atomic mass is 10.0. The Hall–Kier alpha value is -1.36. The number of nitrogens with one attached hydrogen (secondary N) is 1. The molecule has 94 valence electrons. The normalized spacial score (nSPS) is 17.0. The van der Waals surface area contributed by atoms with Crippen LogP contribution in [0.1, 0.15) is 19.8 Å². The Morgan fingerprint density at radius 2 is 2.29 bits per heavy atom. The fraction of sp³-hybridized carbons (Fsp3) is 0.667.